The maximum absolute atomic E-state index is 13.2. The second-order valence-corrected chi connectivity index (χ2v) is 3.52. The van der Waals surface area contributed by atoms with Gasteiger partial charge in [0.2, 0.25) is 0 Å². The van der Waals surface area contributed by atoms with E-state index in [1.165, 1.54) is 0 Å². The highest BCUT2D eigenvalue weighted by atomic mass is 79.9. The number of ether oxygens (including phenoxy) is 1. The van der Waals surface area contributed by atoms with E-state index in [1.807, 2.05) is 0 Å². The molecule has 1 rings (SSSR count). The van der Waals surface area contributed by atoms with Crippen molar-refractivity contribution in [3.63, 3.8) is 0 Å². The molecule has 78 valence electrons. The van der Waals surface area contributed by atoms with Crippen molar-refractivity contribution in [2.24, 2.45) is 0 Å². The molecule has 14 heavy (non-hydrogen) atoms. The summed E-state index contributed by atoms with van der Waals surface area (Å²) in [6.45, 7) is 0.881. The number of hydrogen-bond donors (Lipinski definition) is 1. The van der Waals surface area contributed by atoms with Crippen LogP contribution in [0.5, 0.6) is 0 Å². The summed E-state index contributed by atoms with van der Waals surface area (Å²) in [7, 11) is 1.54. The van der Waals surface area contributed by atoms with Crippen LogP contribution in [0.3, 0.4) is 0 Å². The van der Waals surface area contributed by atoms with Crippen molar-refractivity contribution >= 4 is 21.6 Å². The van der Waals surface area contributed by atoms with Crippen molar-refractivity contribution in [1.29, 1.82) is 0 Å². The van der Waals surface area contributed by atoms with E-state index in [2.05, 4.69) is 21.2 Å². The molecule has 0 atom stereocenters. The second-order valence-electron chi connectivity index (χ2n) is 2.67. The maximum atomic E-state index is 13.2. The summed E-state index contributed by atoms with van der Waals surface area (Å²) in [5.74, 6) is -0.985. The Bertz CT molecular complexity index is 320. The van der Waals surface area contributed by atoms with E-state index in [9.17, 15) is 8.78 Å². The molecule has 0 saturated carbocycles. The summed E-state index contributed by atoms with van der Waals surface area (Å²) in [5, 5.41) is 2.72. The van der Waals surface area contributed by atoms with Crippen LogP contribution in [0.25, 0.3) is 0 Å². The third-order valence-corrected chi connectivity index (χ3v) is 2.24. The zero-order valence-electron chi connectivity index (χ0n) is 7.61. The lowest BCUT2D eigenvalue weighted by Gasteiger charge is -2.07. The van der Waals surface area contributed by atoms with Crippen molar-refractivity contribution in [3.05, 3.63) is 28.2 Å². The van der Waals surface area contributed by atoms with Gasteiger partial charge in [0.25, 0.3) is 0 Å². The molecule has 0 bridgehead atoms. The van der Waals surface area contributed by atoms with Gasteiger partial charge in [0.05, 0.1) is 16.8 Å². The van der Waals surface area contributed by atoms with Crippen LogP contribution in [0.4, 0.5) is 14.5 Å². The standard InChI is InChI=1S/C9H10BrF2NO/c1-14-3-2-13-9-5-7(11)6(10)4-8(9)12/h4-5,13H,2-3H2,1H3. The van der Waals surface area contributed by atoms with Gasteiger partial charge in [-0.2, -0.15) is 0 Å². The lowest BCUT2D eigenvalue weighted by Crippen LogP contribution is -2.09. The van der Waals surface area contributed by atoms with Crippen LogP contribution in [0, 0.1) is 11.6 Å². The van der Waals surface area contributed by atoms with Gasteiger partial charge in [-0.05, 0) is 22.0 Å². The lowest BCUT2D eigenvalue weighted by atomic mass is 10.3. The Kier molecular flexibility index (Phi) is 4.28. The number of halogens is 3. The third kappa shape index (κ3) is 2.92. The van der Waals surface area contributed by atoms with Crippen molar-refractivity contribution in [1.82, 2.24) is 0 Å². The Labute approximate surface area is 89.4 Å². The Hall–Kier alpha value is -0.680. The van der Waals surface area contributed by atoms with E-state index in [-0.39, 0.29) is 10.2 Å². The van der Waals surface area contributed by atoms with E-state index >= 15 is 0 Å². The van der Waals surface area contributed by atoms with Crippen LogP contribution in [-0.2, 0) is 4.74 Å². The van der Waals surface area contributed by atoms with Gasteiger partial charge < -0.3 is 10.1 Å². The van der Waals surface area contributed by atoms with Crippen molar-refractivity contribution in [3.8, 4) is 0 Å². The minimum atomic E-state index is -0.494. The molecular formula is C9H10BrF2NO. The fraction of sp³-hybridized carbons (Fsp3) is 0.333. The fourth-order valence-electron chi connectivity index (χ4n) is 0.946. The van der Waals surface area contributed by atoms with Crippen molar-refractivity contribution < 1.29 is 13.5 Å². The van der Waals surface area contributed by atoms with E-state index in [1.54, 1.807) is 7.11 Å². The molecule has 0 aromatic heterocycles. The molecule has 0 amide bonds. The number of benzene rings is 1. The van der Waals surface area contributed by atoms with Crippen LogP contribution >= 0.6 is 15.9 Å². The average molecular weight is 266 g/mol. The average Bonchev–Trinajstić information content (AvgIpc) is 2.14. The molecular weight excluding hydrogens is 256 g/mol. The molecule has 0 saturated heterocycles. The van der Waals surface area contributed by atoms with Gasteiger partial charge in [0.1, 0.15) is 11.6 Å². The smallest absolute Gasteiger partial charge is 0.147 e. The van der Waals surface area contributed by atoms with Gasteiger partial charge in [-0.15, -0.1) is 0 Å². The number of hydrogen-bond acceptors (Lipinski definition) is 2. The lowest BCUT2D eigenvalue weighted by molar-refractivity contribution is 0.210. The number of methoxy groups -OCH3 is 1. The first-order chi connectivity index (χ1) is 6.65. The predicted octanol–water partition coefficient (Wildman–Crippen LogP) is 2.79. The van der Waals surface area contributed by atoms with Crippen LogP contribution in [-0.4, -0.2) is 20.3 Å². The number of rotatable bonds is 4. The van der Waals surface area contributed by atoms with Gasteiger partial charge >= 0.3 is 0 Å². The molecule has 0 aliphatic rings. The highest BCUT2D eigenvalue weighted by molar-refractivity contribution is 9.10. The molecule has 5 heteroatoms. The predicted molar refractivity (Wildman–Crippen MR) is 54.4 cm³/mol. The molecule has 2 nitrogen and oxygen atoms in total. The normalized spacial score (nSPS) is 10.3. The van der Waals surface area contributed by atoms with Crippen LogP contribution in [0.2, 0.25) is 0 Å². The van der Waals surface area contributed by atoms with E-state index < -0.39 is 11.6 Å². The SMILES string of the molecule is COCCNc1cc(F)c(Br)cc1F. The van der Waals surface area contributed by atoms with Crippen molar-refractivity contribution in [2.75, 3.05) is 25.6 Å². The summed E-state index contributed by atoms with van der Waals surface area (Å²) < 4.78 is 31.0. The highest BCUT2D eigenvalue weighted by Gasteiger charge is 2.07. The van der Waals surface area contributed by atoms with Crippen LogP contribution in [0.1, 0.15) is 0 Å². The molecule has 0 aliphatic heterocycles. The highest BCUT2D eigenvalue weighted by Crippen LogP contribution is 2.22. The first kappa shape index (κ1) is 11.4. The quantitative estimate of drug-likeness (QED) is 0.668. The molecule has 0 unspecified atom stereocenters. The second kappa shape index (κ2) is 5.26. The van der Waals surface area contributed by atoms with Gasteiger partial charge in [-0.25, -0.2) is 8.78 Å². The number of nitrogens with one attached hydrogen (secondary N) is 1. The summed E-state index contributed by atoms with van der Waals surface area (Å²) in [6, 6.07) is 2.19. The van der Waals surface area contributed by atoms with Gasteiger partial charge in [-0.1, -0.05) is 0 Å². The molecule has 0 fully saturated rings. The van der Waals surface area contributed by atoms with Crippen LogP contribution in [0.15, 0.2) is 16.6 Å². The molecule has 0 spiro atoms. The first-order valence-electron chi connectivity index (χ1n) is 4.02. The minimum Gasteiger partial charge on any atom is -0.383 e. The monoisotopic (exact) mass is 265 g/mol. The first-order valence-corrected chi connectivity index (χ1v) is 4.82. The number of anilines is 1. The van der Waals surface area contributed by atoms with Crippen molar-refractivity contribution in [2.45, 2.75) is 0 Å². The largest absolute Gasteiger partial charge is 0.383 e. The Morgan fingerprint density at radius 2 is 2.07 bits per heavy atom. The molecule has 1 aromatic carbocycles. The molecule has 0 aliphatic carbocycles. The summed E-state index contributed by atoms with van der Waals surface area (Å²) >= 11 is 2.89. The topological polar surface area (TPSA) is 21.3 Å². The van der Waals surface area contributed by atoms with E-state index in [0.29, 0.717) is 13.2 Å². The Morgan fingerprint density at radius 1 is 1.36 bits per heavy atom. The van der Waals surface area contributed by atoms with Gasteiger partial charge in [0, 0.05) is 19.7 Å². The summed E-state index contributed by atoms with van der Waals surface area (Å²) in [5.41, 5.74) is 0.141. The van der Waals surface area contributed by atoms with Crippen LogP contribution < -0.4 is 5.32 Å². The minimum absolute atomic E-state index is 0.118. The fourth-order valence-corrected chi connectivity index (χ4v) is 1.26. The molecule has 1 aromatic rings. The van der Waals surface area contributed by atoms with E-state index in [4.69, 9.17) is 4.74 Å². The molecule has 0 heterocycles. The Balaban J connectivity index is 2.72. The maximum Gasteiger partial charge on any atom is 0.147 e. The molecule has 0 radical (unpaired) electrons. The third-order valence-electron chi connectivity index (χ3n) is 1.63. The van der Waals surface area contributed by atoms with E-state index in [0.717, 1.165) is 12.1 Å². The molecule has 1 N–H and O–H groups in total. The zero-order valence-corrected chi connectivity index (χ0v) is 9.20. The van der Waals surface area contributed by atoms with Gasteiger partial charge in [0.15, 0.2) is 0 Å². The Morgan fingerprint density at radius 3 is 2.71 bits per heavy atom. The zero-order chi connectivity index (χ0) is 10.6. The van der Waals surface area contributed by atoms with Gasteiger partial charge in [-0.3, -0.25) is 0 Å². The summed E-state index contributed by atoms with van der Waals surface area (Å²) in [4.78, 5) is 0. The summed E-state index contributed by atoms with van der Waals surface area (Å²) in [6.07, 6.45) is 0.